The molecule has 0 radical (unpaired) electrons. The summed E-state index contributed by atoms with van der Waals surface area (Å²) in [6.07, 6.45) is 10.2. The van der Waals surface area contributed by atoms with Gasteiger partial charge in [0.15, 0.2) is 0 Å². The van der Waals surface area contributed by atoms with Gasteiger partial charge in [0, 0.05) is 17.8 Å². The Balaban J connectivity index is 1.34. The molecule has 3 N–H and O–H groups in total. The van der Waals surface area contributed by atoms with E-state index >= 15 is 0 Å². The van der Waals surface area contributed by atoms with Gasteiger partial charge in [-0.1, -0.05) is 52.2 Å². The first-order chi connectivity index (χ1) is 18.5. The van der Waals surface area contributed by atoms with Crippen LogP contribution in [0.3, 0.4) is 0 Å². The number of Topliss-reactive ketones (excluding diaryl/α,β-unsaturated/α-hetero) is 2. The van der Waals surface area contributed by atoms with Gasteiger partial charge in [-0.25, -0.2) is 0 Å². The van der Waals surface area contributed by atoms with Crippen LogP contribution in [0.25, 0.3) is 0 Å². The predicted octanol–water partition coefficient (Wildman–Crippen LogP) is 4.49. The molecular weight excluding hydrogens is 492 g/mol. The molecular formula is C33H50O6. The Morgan fingerprint density at radius 2 is 1.85 bits per heavy atom. The van der Waals surface area contributed by atoms with Crippen molar-refractivity contribution in [3.63, 3.8) is 0 Å². The summed E-state index contributed by atoms with van der Waals surface area (Å²) in [5, 5.41) is 30.9. The fourth-order valence-corrected chi connectivity index (χ4v) is 11.5. The van der Waals surface area contributed by atoms with Gasteiger partial charge in [-0.2, -0.15) is 0 Å². The normalized spacial score (nSPS) is 50.4. The van der Waals surface area contributed by atoms with Crippen LogP contribution in [0.15, 0.2) is 11.6 Å². The third-order valence-electron chi connectivity index (χ3n) is 13.5. The molecule has 0 bridgehead atoms. The lowest BCUT2D eigenvalue weighted by Crippen LogP contribution is -2.61. The third-order valence-corrected chi connectivity index (χ3v) is 13.5. The van der Waals surface area contributed by atoms with Crippen molar-refractivity contribution in [1.29, 1.82) is 0 Å². The van der Waals surface area contributed by atoms with Gasteiger partial charge in [-0.3, -0.25) is 9.59 Å². The summed E-state index contributed by atoms with van der Waals surface area (Å²) in [6, 6.07) is 0. The van der Waals surface area contributed by atoms with Crippen LogP contribution in [0.4, 0.5) is 0 Å². The molecule has 1 heterocycles. The molecule has 0 aromatic rings. The average molecular weight is 543 g/mol. The third kappa shape index (κ3) is 3.94. The highest BCUT2D eigenvalue weighted by molar-refractivity contribution is 5.89. The Bertz CT molecular complexity index is 1040. The monoisotopic (exact) mass is 542 g/mol. The molecule has 218 valence electrons. The quantitative estimate of drug-likeness (QED) is 0.337. The van der Waals surface area contributed by atoms with Gasteiger partial charge in [0.2, 0.25) is 0 Å². The highest BCUT2D eigenvalue weighted by Crippen LogP contribution is 2.70. The van der Waals surface area contributed by atoms with Crippen LogP contribution in [0.2, 0.25) is 0 Å². The second-order valence-electron chi connectivity index (χ2n) is 15.0. The zero-order valence-corrected chi connectivity index (χ0v) is 24.4. The van der Waals surface area contributed by atoms with E-state index in [4.69, 9.17) is 4.74 Å². The maximum Gasteiger partial charge on any atom is 0.147 e. The molecule has 13 atom stereocenters. The maximum atomic E-state index is 14.4. The molecule has 0 amide bonds. The van der Waals surface area contributed by atoms with Crippen molar-refractivity contribution in [2.24, 2.45) is 57.7 Å². The molecule has 0 aromatic heterocycles. The fraction of sp³-hybridized carbons (Fsp3) is 0.879. The molecule has 6 rings (SSSR count). The minimum Gasteiger partial charge on any atom is -0.396 e. The summed E-state index contributed by atoms with van der Waals surface area (Å²) < 4.78 is 5.43. The minimum atomic E-state index is -1.09. The zero-order valence-electron chi connectivity index (χ0n) is 24.4. The molecule has 6 heteroatoms. The van der Waals surface area contributed by atoms with Crippen molar-refractivity contribution in [3.8, 4) is 0 Å². The molecule has 0 spiro atoms. The first-order valence-electron chi connectivity index (χ1n) is 15.9. The van der Waals surface area contributed by atoms with Crippen LogP contribution >= 0.6 is 0 Å². The molecule has 13 unspecified atom stereocenters. The molecule has 39 heavy (non-hydrogen) atoms. The molecule has 6 aliphatic rings. The van der Waals surface area contributed by atoms with Crippen LogP contribution in [0.1, 0.15) is 91.9 Å². The first-order valence-corrected chi connectivity index (χ1v) is 15.9. The van der Waals surface area contributed by atoms with Gasteiger partial charge in [-0.15, -0.1) is 0 Å². The zero-order chi connectivity index (χ0) is 27.9. The number of hydrogen-bond acceptors (Lipinski definition) is 6. The first kappa shape index (κ1) is 28.1. The van der Waals surface area contributed by atoms with E-state index in [-0.39, 0.29) is 41.7 Å². The van der Waals surface area contributed by atoms with E-state index in [2.05, 4.69) is 33.8 Å². The van der Waals surface area contributed by atoms with E-state index in [1.54, 1.807) is 0 Å². The van der Waals surface area contributed by atoms with E-state index in [0.29, 0.717) is 35.9 Å². The topological polar surface area (TPSA) is 107 Å². The summed E-state index contributed by atoms with van der Waals surface area (Å²) in [7, 11) is 0. The number of hydrogen-bond donors (Lipinski definition) is 3. The number of fused-ring (bicyclic) bond motifs is 7. The Labute approximate surface area is 234 Å². The SMILES string of the molecule is CC1CCCC2(C(=O)C(CO)C(O)C3OC3CO)CCC3C(=CCC4C3(C)CCC3C(C)C(=O)CCC34C)C12. The number of aliphatic hydroxyl groups is 3. The lowest BCUT2D eigenvalue weighted by Gasteiger charge is -2.66. The maximum absolute atomic E-state index is 14.4. The smallest absolute Gasteiger partial charge is 0.147 e. The van der Waals surface area contributed by atoms with Gasteiger partial charge in [0.1, 0.15) is 23.8 Å². The Hall–Kier alpha value is -1.08. The van der Waals surface area contributed by atoms with E-state index in [1.807, 2.05) is 0 Å². The average Bonchev–Trinajstić information content (AvgIpc) is 3.71. The van der Waals surface area contributed by atoms with Crippen LogP contribution in [-0.4, -0.2) is 58.4 Å². The van der Waals surface area contributed by atoms with Crippen molar-refractivity contribution < 1.29 is 29.6 Å². The highest BCUT2D eigenvalue weighted by Gasteiger charge is 2.65. The molecule has 5 aliphatic carbocycles. The molecule has 0 aromatic carbocycles. The Kier molecular flexibility index (Phi) is 7.01. The summed E-state index contributed by atoms with van der Waals surface area (Å²) >= 11 is 0. The number of ether oxygens (including phenoxy) is 1. The van der Waals surface area contributed by atoms with Gasteiger partial charge in [0.25, 0.3) is 0 Å². The van der Waals surface area contributed by atoms with E-state index in [0.717, 1.165) is 57.8 Å². The number of carbonyl (C=O) groups is 2. The van der Waals surface area contributed by atoms with Crippen LogP contribution in [-0.2, 0) is 14.3 Å². The van der Waals surface area contributed by atoms with E-state index in [1.165, 1.54) is 5.57 Å². The Morgan fingerprint density at radius 1 is 1.08 bits per heavy atom. The molecule has 6 nitrogen and oxygen atoms in total. The summed E-state index contributed by atoms with van der Waals surface area (Å²) in [4.78, 5) is 27.1. The molecule has 5 fully saturated rings. The molecule has 1 saturated heterocycles. The van der Waals surface area contributed by atoms with Crippen LogP contribution in [0.5, 0.6) is 0 Å². The summed E-state index contributed by atoms with van der Waals surface area (Å²) in [5.74, 6) is 1.79. The fourth-order valence-electron chi connectivity index (χ4n) is 11.5. The molecule has 4 saturated carbocycles. The van der Waals surface area contributed by atoms with Crippen molar-refractivity contribution >= 4 is 11.6 Å². The molecule has 1 aliphatic heterocycles. The highest BCUT2D eigenvalue weighted by atomic mass is 16.6. The number of allylic oxidation sites excluding steroid dienone is 2. The number of rotatable bonds is 6. The standard InChI is InChI=1S/C33H50O6/c1-18-6-5-12-33(30(38)21(16-34)28(37)29-25(17-35)39-29)15-10-23-20(27(18)33)7-8-26-31(3)14-11-24(36)19(2)22(31)9-13-32(23,26)4/h7,18-19,21-23,25-29,34-35,37H,5-6,8-17H2,1-4H3. The van der Waals surface area contributed by atoms with Gasteiger partial charge in [-0.05, 0) is 85.4 Å². The lowest BCUT2D eigenvalue weighted by atomic mass is 9.38. The van der Waals surface area contributed by atoms with Gasteiger partial charge in [0.05, 0.1) is 25.2 Å². The van der Waals surface area contributed by atoms with Crippen molar-refractivity contribution in [2.45, 2.75) is 110 Å². The minimum absolute atomic E-state index is 0.0168. The number of ketones is 2. The van der Waals surface area contributed by atoms with Gasteiger partial charge >= 0.3 is 0 Å². The van der Waals surface area contributed by atoms with Crippen molar-refractivity contribution in [3.05, 3.63) is 11.6 Å². The van der Waals surface area contributed by atoms with Gasteiger partial charge < -0.3 is 20.1 Å². The largest absolute Gasteiger partial charge is 0.396 e. The van der Waals surface area contributed by atoms with E-state index in [9.17, 15) is 24.9 Å². The van der Waals surface area contributed by atoms with E-state index < -0.39 is 29.6 Å². The number of epoxide rings is 1. The Morgan fingerprint density at radius 3 is 2.54 bits per heavy atom. The number of aliphatic hydroxyl groups excluding tert-OH is 3. The number of carbonyl (C=O) groups excluding carboxylic acids is 2. The van der Waals surface area contributed by atoms with Crippen LogP contribution < -0.4 is 0 Å². The predicted molar refractivity (Wildman–Crippen MR) is 148 cm³/mol. The van der Waals surface area contributed by atoms with Crippen molar-refractivity contribution in [1.82, 2.24) is 0 Å². The second kappa shape index (κ2) is 9.74. The lowest BCUT2D eigenvalue weighted by molar-refractivity contribution is -0.160. The summed E-state index contributed by atoms with van der Waals surface area (Å²) in [6.45, 7) is 8.92. The second-order valence-corrected chi connectivity index (χ2v) is 15.0. The van der Waals surface area contributed by atoms with Crippen LogP contribution in [0, 0.1) is 57.7 Å². The summed E-state index contributed by atoms with van der Waals surface area (Å²) in [5.41, 5.74) is 1.30. The van der Waals surface area contributed by atoms with Crippen molar-refractivity contribution in [2.75, 3.05) is 13.2 Å².